The summed E-state index contributed by atoms with van der Waals surface area (Å²) in [6.07, 6.45) is 3.63. The Morgan fingerprint density at radius 1 is 1.02 bits per heavy atom. The van der Waals surface area contributed by atoms with Crippen LogP contribution in [0, 0.1) is 0 Å². The number of esters is 1. The highest BCUT2D eigenvalue weighted by molar-refractivity contribution is 9.10. The number of pyridine rings is 1. The van der Waals surface area contributed by atoms with E-state index in [1.165, 1.54) is 7.11 Å². The number of nitrogens with one attached hydrogen (secondary N) is 1. The molecule has 6 rings (SSSR count). The van der Waals surface area contributed by atoms with Crippen LogP contribution in [0.15, 0.2) is 105 Å². The second-order valence-electron chi connectivity index (χ2n) is 9.67. The average molecular weight is 625 g/mol. The highest BCUT2D eigenvalue weighted by atomic mass is 79.9. The fraction of sp³-hybridized carbons (Fsp3) is 0.121. The molecule has 210 valence electrons. The Bertz CT molecular complexity index is 2000. The maximum atomic E-state index is 13.5. The molecule has 42 heavy (non-hydrogen) atoms. The van der Waals surface area contributed by atoms with E-state index in [1.807, 2.05) is 30.3 Å². The van der Waals surface area contributed by atoms with Gasteiger partial charge in [0.15, 0.2) is 0 Å². The molecule has 9 heteroatoms. The molecule has 0 saturated heterocycles. The lowest BCUT2D eigenvalue weighted by atomic mass is 9.86. The van der Waals surface area contributed by atoms with Crippen molar-refractivity contribution in [1.82, 2.24) is 9.97 Å². The van der Waals surface area contributed by atoms with Gasteiger partial charge in [-0.1, -0.05) is 42.5 Å². The highest BCUT2D eigenvalue weighted by Gasteiger charge is 2.31. The van der Waals surface area contributed by atoms with Crippen molar-refractivity contribution in [1.29, 1.82) is 0 Å². The number of rotatable bonds is 8. The summed E-state index contributed by atoms with van der Waals surface area (Å²) >= 11 is 3.49. The number of hydrogen-bond acceptors (Lipinski definition) is 7. The topological polar surface area (TPSA) is 115 Å². The van der Waals surface area contributed by atoms with E-state index < -0.39 is 17.5 Å². The van der Waals surface area contributed by atoms with Gasteiger partial charge in [0.2, 0.25) is 0 Å². The smallest absolute Gasteiger partial charge is 0.344 e. The van der Waals surface area contributed by atoms with Crippen LogP contribution in [-0.4, -0.2) is 34.8 Å². The van der Waals surface area contributed by atoms with Crippen molar-refractivity contribution in [3.63, 3.8) is 0 Å². The first-order chi connectivity index (χ1) is 20.5. The van der Waals surface area contributed by atoms with E-state index >= 15 is 0 Å². The van der Waals surface area contributed by atoms with Crippen molar-refractivity contribution in [2.24, 2.45) is 0 Å². The van der Waals surface area contributed by atoms with Gasteiger partial charge in [0.25, 0.3) is 0 Å². The van der Waals surface area contributed by atoms with Crippen LogP contribution in [0.25, 0.3) is 21.9 Å². The lowest BCUT2D eigenvalue weighted by Gasteiger charge is -2.20. The number of para-hydroxylation sites is 3. The number of ether oxygens (including phenoxy) is 2. The van der Waals surface area contributed by atoms with E-state index in [1.54, 1.807) is 60.9 Å². The highest BCUT2D eigenvalue weighted by Crippen LogP contribution is 2.41. The van der Waals surface area contributed by atoms with Gasteiger partial charge in [0, 0.05) is 39.9 Å². The van der Waals surface area contributed by atoms with E-state index in [-0.39, 0.29) is 23.5 Å². The molecule has 1 unspecified atom stereocenters. The Morgan fingerprint density at radius 3 is 2.57 bits per heavy atom. The fourth-order valence-electron chi connectivity index (χ4n) is 5.34. The molecule has 0 amide bonds. The number of H-pyrrole nitrogens is 1. The second kappa shape index (κ2) is 11.5. The third-order valence-electron chi connectivity index (χ3n) is 7.22. The van der Waals surface area contributed by atoms with Gasteiger partial charge in [-0.05, 0) is 63.5 Å². The lowest BCUT2D eigenvalue weighted by molar-refractivity contribution is 0.0505. The number of carbonyl (C=O) groups is 1. The molecule has 0 aliphatic carbocycles. The second-order valence-corrected chi connectivity index (χ2v) is 10.6. The molecular weight excluding hydrogens is 600 g/mol. The molecule has 0 radical (unpaired) electrons. The van der Waals surface area contributed by atoms with Crippen LogP contribution in [0.3, 0.4) is 0 Å². The molecule has 3 heterocycles. The minimum atomic E-state index is -0.775. The van der Waals surface area contributed by atoms with Gasteiger partial charge < -0.3 is 24.0 Å². The van der Waals surface area contributed by atoms with E-state index in [4.69, 9.17) is 13.9 Å². The van der Waals surface area contributed by atoms with Crippen LogP contribution in [0.4, 0.5) is 0 Å². The van der Waals surface area contributed by atoms with Crippen LogP contribution in [0.1, 0.15) is 38.7 Å². The molecule has 3 aromatic heterocycles. The number of aromatic nitrogens is 2. The van der Waals surface area contributed by atoms with Crippen LogP contribution in [-0.2, 0) is 11.2 Å². The Labute approximate surface area is 248 Å². The normalized spacial score (nSPS) is 12.0. The van der Waals surface area contributed by atoms with Crippen molar-refractivity contribution < 1.29 is 23.8 Å². The van der Waals surface area contributed by atoms with Crippen LogP contribution in [0.5, 0.6) is 11.5 Å². The summed E-state index contributed by atoms with van der Waals surface area (Å²) in [6.45, 7) is 0.0630. The van der Waals surface area contributed by atoms with Crippen molar-refractivity contribution in [3.05, 3.63) is 134 Å². The van der Waals surface area contributed by atoms with Gasteiger partial charge in [-0.25, -0.2) is 9.59 Å². The molecule has 2 N–H and O–H groups in total. The summed E-state index contributed by atoms with van der Waals surface area (Å²) < 4.78 is 17.4. The molecule has 0 aliphatic rings. The van der Waals surface area contributed by atoms with Crippen molar-refractivity contribution in [2.45, 2.75) is 12.3 Å². The molecular formula is C33H25BrN2O6. The average Bonchev–Trinajstić information content (AvgIpc) is 3.37. The molecule has 0 saturated carbocycles. The van der Waals surface area contributed by atoms with Crippen LogP contribution < -0.4 is 10.4 Å². The number of aromatic amines is 1. The van der Waals surface area contributed by atoms with Crippen LogP contribution >= 0.6 is 15.9 Å². The summed E-state index contributed by atoms with van der Waals surface area (Å²) in [5.74, 6) is -1.02. The van der Waals surface area contributed by atoms with Gasteiger partial charge in [-0.15, -0.1) is 0 Å². The maximum absolute atomic E-state index is 13.5. The molecule has 0 bridgehead atoms. The SMILES string of the molecule is COc1ccccc1C(=O)OCCc1c(C(c2cncc(Br)c2)c2c(O)c3ccccc3oc2=O)[nH]c2ccccc12. The Morgan fingerprint density at radius 2 is 1.76 bits per heavy atom. The summed E-state index contributed by atoms with van der Waals surface area (Å²) in [4.78, 5) is 34.3. The molecule has 0 fully saturated rings. The molecule has 3 aromatic carbocycles. The molecule has 8 nitrogen and oxygen atoms in total. The predicted molar refractivity (Wildman–Crippen MR) is 162 cm³/mol. The van der Waals surface area contributed by atoms with Crippen molar-refractivity contribution in [2.75, 3.05) is 13.7 Å². The number of carbonyl (C=O) groups excluding carboxylic acids is 1. The summed E-state index contributed by atoms with van der Waals surface area (Å²) in [7, 11) is 1.50. The van der Waals surface area contributed by atoms with E-state index in [9.17, 15) is 14.7 Å². The Balaban J connectivity index is 1.48. The number of nitrogens with zero attached hydrogens (tertiary/aromatic N) is 1. The first-order valence-electron chi connectivity index (χ1n) is 13.2. The zero-order valence-corrected chi connectivity index (χ0v) is 24.1. The molecule has 0 spiro atoms. The standard InChI is InChI=1S/C33H25BrN2O6/c1-40-26-12-6-4-10-24(26)32(38)41-15-14-22-21-8-2-5-11-25(21)36-30(22)28(19-16-20(34)18-35-17-19)29-31(37)23-9-3-7-13-27(23)42-33(29)39/h2-13,16-18,28,36-37H,14-15H2,1H3. The lowest BCUT2D eigenvalue weighted by Crippen LogP contribution is -2.18. The summed E-state index contributed by atoms with van der Waals surface area (Å²) in [6, 6.07) is 23.3. The van der Waals surface area contributed by atoms with Gasteiger partial charge in [0.05, 0.1) is 30.6 Å². The molecule has 0 aliphatic heterocycles. The summed E-state index contributed by atoms with van der Waals surface area (Å²) in [5, 5.41) is 12.8. The van der Waals surface area contributed by atoms with Gasteiger partial charge >= 0.3 is 11.6 Å². The van der Waals surface area contributed by atoms with Gasteiger partial charge in [-0.3, -0.25) is 4.98 Å². The minimum absolute atomic E-state index is 0.0630. The summed E-state index contributed by atoms with van der Waals surface area (Å²) in [5.41, 5.74) is 3.00. The van der Waals surface area contributed by atoms with E-state index in [2.05, 4.69) is 25.9 Å². The third kappa shape index (κ3) is 5.03. The largest absolute Gasteiger partial charge is 0.507 e. The number of aromatic hydroxyl groups is 1. The van der Waals surface area contributed by atoms with E-state index in [0.29, 0.717) is 38.9 Å². The minimum Gasteiger partial charge on any atom is -0.507 e. The Hall–Kier alpha value is -4.89. The monoisotopic (exact) mass is 624 g/mol. The Kier molecular flexibility index (Phi) is 7.50. The first-order valence-corrected chi connectivity index (χ1v) is 14.0. The maximum Gasteiger partial charge on any atom is 0.344 e. The number of hydrogen-bond donors (Lipinski definition) is 2. The number of benzene rings is 3. The zero-order chi connectivity index (χ0) is 29.2. The number of halogens is 1. The van der Waals surface area contributed by atoms with Crippen LogP contribution in [0.2, 0.25) is 0 Å². The quantitative estimate of drug-likeness (QED) is 0.143. The number of methoxy groups -OCH3 is 1. The van der Waals surface area contributed by atoms with Gasteiger partial charge in [-0.2, -0.15) is 0 Å². The van der Waals surface area contributed by atoms with Gasteiger partial charge in [0.1, 0.15) is 22.6 Å². The fourth-order valence-corrected chi connectivity index (χ4v) is 5.72. The predicted octanol–water partition coefficient (Wildman–Crippen LogP) is 6.73. The molecule has 1 atom stereocenters. The van der Waals surface area contributed by atoms with Crippen molar-refractivity contribution in [3.8, 4) is 11.5 Å². The zero-order valence-electron chi connectivity index (χ0n) is 22.5. The third-order valence-corrected chi connectivity index (χ3v) is 7.65. The van der Waals surface area contributed by atoms with E-state index in [0.717, 1.165) is 16.5 Å². The first kappa shape index (κ1) is 27.3. The number of fused-ring (bicyclic) bond motifs is 2. The molecule has 6 aromatic rings. The van der Waals surface area contributed by atoms with Crippen molar-refractivity contribution >= 4 is 43.8 Å².